The van der Waals surface area contributed by atoms with Gasteiger partial charge in [-0.1, -0.05) is 0 Å². The lowest BCUT2D eigenvalue weighted by atomic mass is 10.3. The van der Waals surface area contributed by atoms with Crippen LogP contribution in [0.5, 0.6) is 0 Å². The summed E-state index contributed by atoms with van der Waals surface area (Å²) in [4.78, 5) is 21.6. The van der Waals surface area contributed by atoms with E-state index >= 15 is 0 Å². The number of rotatable bonds is 4. The van der Waals surface area contributed by atoms with Gasteiger partial charge in [0.25, 0.3) is 0 Å². The zero-order valence-electron chi connectivity index (χ0n) is 6.96. The molecule has 1 atom stereocenters. The molecule has 0 unspecified atom stereocenters. The van der Waals surface area contributed by atoms with Crippen molar-refractivity contribution in [2.24, 2.45) is 0 Å². The molecule has 0 aromatic carbocycles. The maximum atomic E-state index is 11.0. The second-order valence-corrected chi connectivity index (χ2v) is 2.75. The van der Waals surface area contributed by atoms with E-state index in [2.05, 4.69) is 10.6 Å². The first-order valence-electron chi connectivity index (χ1n) is 3.37. The maximum absolute atomic E-state index is 11.0. The summed E-state index contributed by atoms with van der Waals surface area (Å²) in [6.07, 6.45) is 0. The Balaban J connectivity index is 4.02. The highest BCUT2D eigenvalue weighted by Gasteiger charge is 2.17. The van der Waals surface area contributed by atoms with Crippen molar-refractivity contribution in [1.29, 1.82) is 0 Å². The molecule has 6 heteroatoms. The van der Waals surface area contributed by atoms with Crippen LogP contribution in [-0.4, -0.2) is 35.2 Å². The van der Waals surface area contributed by atoms with Gasteiger partial charge in [-0.05, 0) is 12.0 Å². The second kappa shape index (κ2) is 5.84. The first-order chi connectivity index (χ1) is 5.61. The first kappa shape index (κ1) is 11.2. The Morgan fingerprint density at radius 2 is 2.17 bits per heavy atom. The largest absolute Gasteiger partial charge is 0.357 e. The van der Waals surface area contributed by atoms with Gasteiger partial charge in [0.05, 0.1) is 0 Å². The van der Waals surface area contributed by atoms with Crippen LogP contribution < -0.4 is 10.6 Å². The third kappa shape index (κ3) is 4.20. The van der Waals surface area contributed by atoms with E-state index in [0.29, 0.717) is 12.0 Å². The van der Waals surface area contributed by atoms with E-state index in [9.17, 15) is 9.59 Å². The molecule has 12 heavy (non-hydrogen) atoms. The third-order valence-electron chi connectivity index (χ3n) is 1.18. The number of carbonyl (C=O) groups is 2. The highest BCUT2D eigenvalue weighted by molar-refractivity contribution is 7.93. The molecule has 0 fully saturated rings. The van der Waals surface area contributed by atoms with Gasteiger partial charge in [0.2, 0.25) is 11.8 Å². The van der Waals surface area contributed by atoms with Crippen LogP contribution in [0.2, 0.25) is 0 Å². The lowest BCUT2D eigenvalue weighted by Gasteiger charge is -2.13. The van der Waals surface area contributed by atoms with E-state index in [0.717, 1.165) is 0 Å². The molecule has 0 aliphatic rings. The van der Waals surface area contributed by atoms with Crippen LogP contribution >= 0.6 is 12.0 Å². The Labute approximate surface area is 75.1 Å². The molecule has 0 aliphatic heterocycles. The zero-order chi connectivity index (χ0) is 9.56. The van der Waals surface area contributed by atoms with Gasteiger partial charge < -0.3 is 15.2 Å². The van der Waals surface area contributed by atoms with E-state index in [-0.39, 0.29) is 17.6 Å². The summed E-state index contributed by atoms with van der Waals surface area (Å²) in [5, 5.41) is 4.78. The molecule has 0 saturated heterocycles. The molecule has 0 rings (SSSR count). The van der Waals surface area contributed by atoms with Crippen LogP contribution in [0.4, 0.5) is 0 Å². The molecule has 5 nitrogen and oxygen atoms in total. The molecule has 0 aromatic rings. The van der Waals surface area contributed by atoms with Crippen LogP contribution in [-0.2, 0) is 9.59 Å². The molecule has 0 aromatic heterocycles. The van der Waals surface area contributed by atoms with Crippen molar-refractivity contribution in [3.05, 3.63) is 0 Å². The van der Waals surface area contributed by atoms with Gasteiger partial charge in [-0.15, -0.1) is 0 Å². The lowest BCUT2D eigenvalue weighted by molar-refractivity contribution is -0.127. The molecule has 70 valence electrons. The van der Waals surface area contributed by atoms with E-state index in [1.165, 1.54) is 14.0 Å². The predicted octanol–water partition coefficient (Wildman–Crippen LogP) is -0.557. The normalized spacial score (nSPS) is 11.9. The number of hydrogen-bond donors (Lipinski definition) is 3. The van der Waals surface area contributed by atoms with Crippen LogP contribution in [0.25, 0.3) is 0 Å². The molecule has 0 radical (unpaired) electrons. The molecular formula is C6H12N2O3S. The van der Waals surface area contributed by atoms with Crippen LogP contribution in [0.15, 0.2) is 0 Å². The number of carbonyl (C=O) groups excluding carboxylic acids is 2. The Morgan fingerprint density at radius 1 is 1.58 bits per heavy atom. The number of hydrogen-bond acceptors (Lipinski definition) is 4. The molecule has 0 aliphatic carbocycles. The minimum Gasteiger partial charge on any atom is -0.357 e. The molecule has 3 N–H and O–H groups in total. The Hall–Kier alpha value is -0.750. The fraction of sp³-hybridized carbons (Fsp3) is 0.667. The van der Waals surface area contributed by atoms with Gasteiger partial charge in [0.1, 0.15) is 6.04 Å². The average molecular weight is 192 g/mol. The lowest BCUT2D eigenvalue weighted by Crippen LogP contribution is -2.46. The van der Waals surface area contributed by atoms with Crippen LogP contribution in [0.1, 0.15) is 6.92 Å². The van der Waals surface area contributed by atoms with Gasteiger partial charge in [-0.2, -0.15) is 0 Å². The monoisotopic (exact) mass is 192 g/mol. The summed E-state index contributed by atoms with van der Waals surface area (Å²) in [7, 11) is 1.47. The smallest absolute Gasteiger partial charge is 0.243 e. The van der Waals surface area contributed by atoms with E-state index in [4.69, 9.17) is 4.55 Å². The van der Waals surface area contributed by atoms with Crippen molar-refractivity contribution < 1.29 is 14.1 Å². The van der Waals surface area contributed by atoms with E-state index in [1.807, 2.05) is 0 Å². The van der Waals surface area contributed by atoms with Gasteiger partial charge in [0, 0.05) is 19.7 Å². The van der Waals surface area contributed by atoms with Crippen molar-refractivity contribution in [2.45, 2.75) is 13.0 Å². The summed E-state index contributed by atoms with van der Waals surface area (Å²) in [5.41, 5.74) is 0. The Bertz CT molecular complexity index is 174. The molecular weight excluding hydrogens is 180 g/mol. The van der Waals surface area contributed by atoms with Gasteiger partial charge in [-0.25, -0.2) is 0 Å². The summed E-state index contributed by atoms with van der Waals surface area (Å²) in [6, 6.07) is -0.664. The summed E-state index contributed by atoms with van der Waals surface area (Å²) < 4.78 is 8.48. The molecule has 2 amide bonds. The van der Waals surface area contributed by atoms with E-state index in [1.54, 1.807) is 0 Å². The number of amides is 2. The topological polar surface area (TPSA) is 78.4 Å². The summed E-state index contributed by atoms with van der Waals surface area (Å²) in [5.74, 6) is -0.455. The molecule has 0 spiro atoms. The SMILES string of the molecule is CNC(=O)[C@H](CSO)NC(C)=O. The maximum Gasteiger partial charge on any atom is 0.243 e. The number of likely N-dealkylation sites (N-methyl/N-ethyl adjacent to an activating group) is 1. The van der Waals surface area contributed by atoms with Gasteiger partial charge in [-0.3, -0.25) is 9.59 Å². The quantitative estimate of drug-likeness (QED) is 0.522. The fourth-order valence-electron chi connectivity index (χ4n) is 0.677. The Morgan fingerprint density at radius 3 is 2.50 bits per heavy atom. The molecule has 0 saturated carbocycles. The van der Waals surface area contributed by atoms with Gasteiger partial charge >= 0.3 is 0 Å². The van der Waals surface area contributed by atoms with E-state index < -0.39 is 6.04 Å². The van der Waals surface area contributed by atoms with Crippen LogP contribution in [0, 0.1) is 0 Å². The van der Waals surface area contributed by atoms with Crippen molar-refractivity contribution in [1.82, 2.24) is 10.6 Å². The van der Waals surface area contributed by atoms with Crippen molar-refractivity contribution >= 4 is 23.9 Å². The fourth-order valence-corrected chi connectivity index (χ4v) is 1.06. The standard InChI is InChI=1S/C6H12N2O3S/c1-4(9)8-5(3-12-11)6(10)7-2/h5,11H,3H2,1-2H3,(H,7,10)(H,8,9)/t5-/m0/s1. The minimum atomic E-state index is -0.664. The zero-order valence-corrected chi connectivity index (χ0v) is 7.77. The minimum absolute atomic E-state index is 0.152. The van der Waals surface area contributed by atoms with Gasteiger partial charge in [0.15, 0.2) is 0 Å². The molecule has 0 bridgehead atoms. The average Bonchev–Trinajstić information content (AvgIpc) is 2.01. The predicted molar refractivity (Wildman–Crippen MR) is 46.8 cm³/mol. The summed E-state index contributed by atoms with van der Waals surface area (Å²) >= 11 is 0.520. The Kier molecular flexibility index (Phi) is 5.48. The highest BCUT2D eigenvalue weighted by atomic mass is 32.2. The van der Waals surface area contributed by atoms with Crippen molar-refractivity contribution in [3.8, 4) is 0 Å². The van der Waals surface area contributed by atoms with Crippen molar-refractivity contribution in [3.63, 3.8) is 0 Å². The first-order valence-corrected chi connectivity index (χ1v) is 4.31. The summed E-state index contributed by atoms with van der Waals surface area (Å²) in [6.45, 7) is 1.32. The van der Waals surface area contributed by atoms with Crippen molar-refractivity contribution in [2.75, 3.05) is 12.8 Å². The highest BCUT2D eigenvalue weighted by Crippen LogP contribution is 1.96. The number of nitrogens with one attached hydrogen (secondary N) is 2. The third-order valence-corrected chi connectivity index (χ3v) is 1.66. The molecule has 0 heterocycles. The second-order valence-electron chi connectivity index (χ2n) is 2.16. The van der Waals surface area contributed by atoms with Crippen LogP contribution in [0.3, 0.4) is 0 Å².